The van der Waals surface area contributed by atoms with Crippen molar-refractivity contribution in [1.82, 2.24) is 5.32 Å². The third kappa shape index (κ3) is 2.02. The number of nitrogens with one attached hydrogen (secondary N) is 1. The summed E-state index contributed by atoms with van der Waals surface area (Å²) in [4.78, 5) is 0. The third-order valence-electron chi connectivity index (χ3n) is 5.24. The standard InChI is InChI=1S/C14H25NO/c1-15-13(9-10-5-7-16-8-6-10)14-11-3-2-4-12(11)14/h10-15H,2-9H2,1H3. The first kappa shape index (κ1) is 11.0. The largest absolute Gasteiger partial charge is 0.381 e. The molecule has 2 saturated carbocycles. The minimum Gasteiger partial charge on any atom is -0.381 e. The van der Waals surface area contributed by atoms with Gasteiger partial charge in [0.25, 0.3) is 0 Å². The van der Waals surface area contributed by atoms with Crippen LogP contribution in [-0.4, -0.2) is 26.3 Å². The molecule has 92 valence electrons. The summed E-state index contributed by atoms with van der Waals surface area (Å²) in [5.74, 6) is 4.14. The Hall–Kier alpha value is -0.0800. The molecule has 3 fully saturated rings. The Labute approximate surface area is 99.1 Å². The molecule has 3 atom stereocenters. The van der Waals surface area contributed by atoms with E-state index >= 15 is 0 Å². The first-order valence-corrected chi connectivity index (χ1v) is 7.15. The van der Waals surface area contributed by atoms with Crippen molar-refractivity contribution in [3.63, 3.8) is 0 Å². The lowest BCUT2D eigenvalue weighted by molar-refractivity contribution is 0.0594. The summed E-state index contributed by atoms with van der Waals surface area (Å²) in [7, 11) is 2.16. The van der Waals surface area contributed by atoms with Crippen LogP contribution in [0.2, 0.25) is 0 Å². The number of fused-ring (bicyclic) bond motifs is 1. The zero-order valence-corrected chi connectivity index (χ0v) is 10.5. The second-order valence-corrected chi connectivity index (χ2v) is 6.02. The Bertz CT molecular complexity index is 227. The summed E-state index contributed by atoms with van der Waals surface area (Å²) in [6.07, 6.45) is 8.51. The summed E-state index contributed by atoms with van der Waals surface area (Å²) in [5, 5.41) is 3.60. The highest BCUT2D eigenvalue weighted by atomic mass is 16.5. The monoisotopic (exact) mass is 223 g/mol. The highest BCUT2D eigenvalue weighted by Gasteiger charge is 2.55. The maximum Gasteiger partial charge on any atom is 0.0468 e. The van der Waals surface area contributed by atoms with E-state index < -0.39 is 0 Å². The van der Waals surface area contributed by atoms with Gasteiger partial charge in [-0.25, -0.2) is 0 Å². The molecule has 0 aromatic heterocycles. The average Bonchev–Trinajstić information content (AvgIpc) is 2.81. The molecule has 0 aromatic carbocycles. The van der Waals surface area contributed by atoms with Crippen LogP contribution in [0.3, 0.4) is 0 Å². The van der Waals surface area contributed by atoms with Gasteiger partial charge in [-0.1, -0.05) is 6.42 Å². The Kier molecular flexibility index (Phi) is 3.21. The smallest absolute Gasteiger partial charge is 0.0468 e. The summed E-state index contributed by atoms with van der Waals surface area (Å²) in [6, 6.07) is 0.804. The van der Waals surface area contributed by atoms with Crippen LogP contribution in [0.15, 0.2) is 0 Å². The van der Waals surface area contributed by atoms with E-state index in [2.05, 4.69) is 12.4 Å². The molecule has 1 heterocycles. The molecule has 1 N–H and O–H groups in total. The van der Waals surface area contributed by atoms with Crippen molar-refractivity contribution in [3.8, 4) is 0 Å². The molecule has 0 radical (unpaired) electrons. The Morgan fingerprint density at radius 1 is 1.12 bits per heavy atom. The molecule has 0 bridgehead atoms. The van der Waals surface area contributed by atoms with Gasteiger partial charge in [-0.05, 0) is 62.8 Å². The number of hydrogen-bond acceptors (Lipinski definition) is 2. The van der Waals surface area contributed by atoms with Crippen molar-refractivity contribution >= 4 is 0 Å². The van der Waals surface area contributed by atoms with Gasteiger partial charge in [0.15, 0.2) is 0 Å². The van der Waals surface area contributed by atoms with Gasteiger partial charge in [0.2, 0.25) is 0 Å². The maximum atomic E-state index is 5.45. The molecular weight excluding hydrogens is 198 g/mol. The molecule has 1 saturated heterocycles. The lowest BCUT2D eigenvalue weighted by Crippen LogP contribution is -2.33. The molecule has 3 unspecified atom stereocenters. The van der Waals surface area contributed by atoms with E-state index in [-0.39, 0.29) is 0 Å². The van der Waals surface area contributed by atoms with Crippen LogP contribution in [0.25, 0.3) is 0 Å². The van der Waals surface area contributed by atoms with Gasteiger partial charge in [-0.15, -0.1) is 0 Å². The first-order valence-electron chi connectivity index (χ1n) is 7.15. The van der Waals surface area contributed by atoms with E-state index in [9.17, 15) is 0 Å². The zero-order chi connectivity index (χ0) is 11.0. The van der Waals surface area contributed by atoms with Gasteiger partial charge < -0.3 is 10.1 Å². The minimum atomic E-state index is 0.804. The summed E-state index contributed by atoms with van der Waals surface area (Å²) >= 11 is 0. The van der Waals surface area contributed by atoms with Gasteiger partial charge in [0, 0.05) is 19.3 Å². The van der Waals surface area contributed by atoms with Crippen LogP contribution < -0.4 is 5.32 Å². The molecule has 1 aliphatic heterocycles. The van der Waals surface area contributed by atoms with E-state index in [1.807, 2.05) is 0 Å². The highest BCUT2D eigenvalue weighted by Crippen LogP contribution is 2.59. The fourth-order valence-electron chi connectivity index (χ4n) is 4.28. The van der Waals surface area contributed by atoms with Crippen LogP contribution in [-0.2, 0) is 4.74 Å². The quantitative estimate of drug-likeness (QED) is 0.790. The van der Waals surface area contributed by atoms with E-state index in [4.69, 9.17) is 4.74 Å². The molecular formula is C14H25NO. The molecule has 2 heteroatoms. The average molecular weight is 223 g/mol. The fourth-order valence-corrected chi connectivity index (χ4v) is 4.28. The topological polar surface area (TPSA) is 21.3 Å². The molecule has 2 aliphatic carbocycles. The molecule has 3 aliphatic rings. The van der Waals surface area contributed by atoms with Crippen LogP contribution in [0.5, 0.6) is 0 Å². The van der Waals surface area contributed by atoms with Crippen molar-refractivity contribution in [2.24, 2.45) is 23.7 Å². The third-order valence-corrected chi connectivity index (χ3v) is 5.24. The second kappa shape index (κ2) is 4.66. The molecule has 0 amide bonds. The van der Waals surface area contributed by atoms with Crippen molar-refractivity contribution in [2.75, 3.05) is 20.3 Å². The maximum absolute atomic E-state index is 5.45. The SMILES string of the molecule is CNC(CC1CCOCC1)C1C2CCCC21. The predicted octanol–water partition coefficient (Wildman–Crippen LogP) is 2.44. The zero-order valence-electron chi connectivity index (χ0n) is 10.5. The van der Waals surface area contributed by atoms with E-state index in [0.717, 1.165) is 42.9 Å². The Morgan fingerprint density at radius 2 is 1.81 bits per heavy atom. The van der Waals surface area contributed by atoms with E-state index in [1.54, 1.807) is 0 Å². The minimum absolute atomic E-state index is 0.804. The normalized spacial score (nSPS) is 40.7. The van der Waals surface area contributed by atoms with E-state index in [1.165, 1.54) is 38.5 Å². The molecule has 0 spiro atoms. The van der Waals surface area contributed by atoms with Crippen LogP contribution in [0.4, 0.5) is 0 Å². The predicted molar refractivity (Wildman–Crippen MR) is 65.3 cm³/mol. The lowest BCUT2D eigenvalue weighted by Gasteiger charge is -2.27. The van der Waals surface area contributed by atoms with Gasteiger partial charge in [-0.2, -0.15) is 0 Å². The lowest BCUT2D eigenvalue weighted by atomic mass is 9.89. The fraction of sp³-hybridized carbons (Fsp3) is 1.00. The molecule has 3 rings (SSSR count). The van der Waals surface area contributed by atoms with Crippen molar-refractivity contribution in [1.29, 1.82) is 0 Å². The highest BCUT2D eigenvalue weighted by molar-refractivity contribution is 5.06. The van der Waals surface area contributed by atoms with Crippen molar-refractivity contribution in [3.05, 3.63) is 0 Å². The summed E-state index contributed by atoms with van der Waals surface area (Å²) < 4.78 is 5.45. The molecule has 16 heavy (non-hydrogen) atoms. The second-order valence-electron chi connectivity index (χ2n) is 6.02. The van der Waals surface area contributed by atoms with Crippen molar-refractivity contribution < 1.29 is 4.74 Å². The first-order chi connectivity index (χ1) is 7.90. The number of rotatable bonds is 4. The van der Waals surface area contributed by atoms with Crippen LogP contribution in [0.1, 0.15) is 38.5 Å². The van der Waals surface area contributed by atoms with Gasteiger partial charge in [0.05, 0.1) is 0 Å². The van der Waals surface area contributed by atoms with Crippen molar-refractivity contribution in [2.45, 2.75) is 44.6 Å². The number of ether oxygens (including phenoxy) is 1. The number of hydrogen-bond donors (Lipinski definition) is 1. The Morgan fingerprint density at radius 3 is 2.44 bits per heavy atom. The van der Waals surface area contributed by atoms with Gasteiger partial charge >= 0.3 is 0 Å². The summed E-state index contributed by atoms with van der Waals surface area (Å²) in [6.45, 7) is 2.00. The molecule has 0 aromatic rings. The summed E-state index contributed by atoms with van der Waals surface area (Å²) in [5.41, 5.74) is 0. The molecule has 2 nitrogen and oxygen atoms in total. The van der Waals surface area contributed by atoms with Gasteiger partial charge in [0.1, 0.15) is 0 Å². The van der Waals surface area contributed by atoms with Crippen LogP contribution in [0, 0.1) is 23.7 Å². The van der Waals surface area contributed by atoms with E-state index in [0.29, 0.717) is 0 Å². The Balaban J connectivity index is 1.51. The van der Waals surface area contributed by atoms with Gasteiger partial charge in [-0.3, -0.25) is 0 Å². The van der Waals surface area contributed by atoms with Crippen LogP contribution >= 0.6 is 0 Å².